The molecule has 5 amide bonds. The number of phenolic OH excluding ortho intramolecular Hbond substituents is 1. The Hall–Kier alpha value is -15.2. The molecule has 22 rings (SSSR count). The van der Waals surface area contributed by atoms with Gasteiger partial charge in [-0.25, -0.2) is 0 Å². The molecule has 12 aromatic rings. The van der Waals surface area contributed by atoms with Crippen molar-refractivity contribution in [3.8, 4) is 57.5 Å². The van der Waals surface area contributed by atoms with Gasteiger partial charge in [-0.1, -0.05) is 162 Å². The van der Waals surface area contributed by atoms with Gasteiger partial charge in [-0.2, -0.15) is 0 Å². The first-order valence-corrected chi connectivity index (χ1v) is 46.8. The molecule has 0 bridgehead atoms. The topological polar surface area (TPSA) is 270 Å². The van der Waals surface area contributed by atoms with Gasteiger partial charge in [0.25, 0.3) is 29.5 Å². The minimum Gasteiger partial charge on any atom is -0.504 e. The lowest BCUT2D eigenvalue weighted by atomic mass is 9.94. The van der Waals surface area contributed by atoms with Crippen molar-refractivity contribution in [3.05, 3.63) is 335 Å². The van der Waals surface area contributed by atoms with Crippen LogP contribution in [0.15, 0.2) is 243 Å². The number of fused-ring (bicyclic) bond motifs is 15. The molecular formula is C110H100BrN11O15. The largest absolute Gasteiger partial charge is 0.504 e. The quantitative estimate of drug-likeness (QED) is 0.0695. The van der Waals surface area contributed by atoms with Crippen molar-refractivity contribution in [1.82, 2.24) is 29.4 Å². The van der Waals surface area contributed by atoms with Crippen LogP contribution in [0.4, 0.5) is 28.4 Å². The number of rotatable bonds is 20. The summed E-state index contributed by atoms with van der Waals surface area (Å²) in [6.07, 6.45) is 12.9. The summed E-state index contributed by atoms with van der Waals surface area (Å²) in [5, 5.41) is 10.6. The summed E-state index contributed by atoms with van der Waals surface area (Å²) in [5.74, 6) is 3.67. The average Bonchev–Trinajstić information content (AvgIpc) is 1.68. The number of amides is 5. The van der Waals surface area contributed by atoms with Crippen molar-refractivity contribution in [2.45, 2.75) is 133 Å². The number of methoxy groups -OCH3 is 5. The Morgan fingerprint density at radius 1 is 0.292 bits per heavy atom. The normalized spacial score (nSPS) is 17.8. The lowest BCUT2D eigenvalue weighted by Gasteiger charge is -2.34. The summed E-state index contributed by atoms with van der Waals surface area (Å²) < 4.78 is 53.7. The van der Waals surface area contributed by atoms with Gasteiger partial charge in [0.15, 0.2) is 57.5 Å². The number of carbonyl (C=O) groups excluding carboxylic acids is 5. The van der Waals surface area contributed by atoms with E-state index in [-0.39, 0.29) is 97.7 Å². The molecule has 0 aromatic heterocycles. The number of carbonyl (C=O) groups is 5. The number of ether oxygens (including phenoxy) is 9. The first-order chi connectivity index (χ1) is 66.8. The van der Waals surface area contributed by atoms with Gasteiger partial charge in [-0.15, -0.1) is 0 Å². The number of hydrogen-bond donors (Lipinski definition) is 1. The van der Waals surface area contributed by atoms with E-state index in [1.807, 2.05) is 130 Å². The number of alkyl halides is 1. The van der Waals surface area contributed by atoms with Crippen LogP contribution in [-0.2, 0) is 103 Å². The second kappa shape index (κ2) is 38.6. The van der Waals surface area contributed by atoms with E-state index in [4.69, 9.17) is 62.6 Å². The first kappa shape index (κ1) is 89.6. The summed E-state index contributed by atoms with van der Waals surface area (Å²) in [4.78, 5) is 103. The second-order valence-electron chi connectivity index (χ2n) is 35.7. The van der Waals surface area contributed by atoms with Gasteiger partial charge in [0.1, 0.15) is 26.4 Å². The summed E-state index contributed by atoms with van der Waals surface area (Å²) in [5.41, 5.74) is 22.9. The van der Waals surface area contributed by atoms with Gasteiger partial charge in [-0.05, 0) is 178 Å². The molecular weight excluding hydrogens is 1800 g/mol. The molecule has 0 unspecified atom stereocenters. The molecule has 5 atom stereocenters. The molecule has 10 aliphatic rings. The monoisotopic (exact) mass is 1890 g/mol. The fraction of sp³-hybridized carbons (Fsp3) is 0.255. The zero-order valence-corrected chi connectivity index (χ0v) is 78.4. The first-order valence-electron chi connectivity index (χ1n) is 45.6. The van der Waals surface area contributed by atoms with E-state index in [2.05, 4.69) is 117 Å². The van der Waals surface area contributed by atoms with Gasteiger partial charge < -0.3 is 77.1 Å². The highest BCUT2D eigenvalue weighted by Crippen LogP contribution is 2.47. The van der Waals surface area contributed by atoms with E-state index < -0.39 is 0 Å². The number of hydrogen-bond acceptors (Lipinski definition) is 21. The second-order valence-corrected chi connectivity index (χ2v) is 36.3. The summed E-state index contributed by atoms with van der Waals surface area (Å²) in [6.45, 7) is 4.36. The van der Waals surface area contributed by atoms with E-state index in [0.29, 0.717) is 147 Å². The molecule has 1 N–H and O–H groups in total. The van der Waals surface area contributed by atoms with Gasteiger partial charge in [0, 0.05) is 106 Å². The maximum absolute atomic E-state index is 13.9. The Labute approximate surface area is 801 Å². The van der Waals surface area contributed by atoms with Gasteiger partial charge in [-0.3, -0.25) is 48.9 Å². The molecule has 27 heteroatoms. The Kier molecular flexibility index (Phi) is 25.3. The van der Waals surface area contributed by atoms with Crippen LogP contribution >= 0.6 is 15.9 Å². The molecule has 0 saturated carbocycles. The molecule has 0 spiro atoms. The van der Waals surface area contributed by atoms with E-state index in [1.54, 1.807) is 89.3 Å². The molecule has 12 aromatic carbocycles. The lowest BCUT2D eigenvalue weighted by Crippen LogP contribution is -2.44. The van der Waals surface area contributed by atoms with Crippen molar-refractivity contribution < 1.29 is 71.7 Å². The molecule has 0 aliphatic carbocycles. The Balaban J connectivity index is 0.000000138. The molecule has 0 saturated heterocycles. The predicted molar refractivity (Wildman–Crippen MR) is 527 cm³/mol. The van der Waals surface area contributed by atoms with Crippen molar-refractivity contribution in [2.24, 2.45) is 25.0 Å². The fourth-order valence-corrected chi connectivity index (χ4v) is 20.0. The van der Waals surface area contributed by atoms with E-state index >= 15 is 0 Å². The number of aliphatic imine (C=N–C) groups is 5. The molecule has 10 aliphatic heterocycles. The number of benzene rings is 12. The Morgan fingerprint density at radius 3 is 0.745 bits per heavy atom. The highest BCUT2D eigenvalue weighted by atomic mass is 79.9. The SMILES string of the molecule is COc1cc2c(cc1O)N=C[C@@H]1Cc3ccccc3CN1C2=O.COc1cc2c(cc1OCc1cc(CBr)cc(COc3cc4c(cc3OC)C(=O)N3Cc5ccccc5C[C@H]3C=N4)c1)N=C[C@@H]1Cc3ccccc3CN1C2=O.COc1cc2c(cc1OCc1cc(COc3cc4c(cc3OC)C(=O)N3Cc5ccccc5C[C@H]3C=N4)cc(CN(C)C)c1)N=C[C@@H]1Cc3ccccc3CN1C2=O. The highest BCUT2D eigenvalue weighted by molar-refractivity contribution is 9.08. The molecule has 692 valence electrons. The van der Waals surface area contributed by atoms with Crippen molar-refractivity contribution in [3.63, 3.8) is 0 Å². The van der Waals surface area contributed by atoms with Crippen LogP contribution in [0.25, 0.3) is 0 Å². The number of nitrogens with zero attached hydrogens (tertiary/aromatic N) is 11. The van der Waals surface area contributed by atoms with Crippen LogP contribution in [0.2, 0.25) is 0 Å². The highest BCUT2D eigenvalue weighted by Gasteiger charge is 2.40. The minimum atomic E-state index is -0.132. The van der Waals surface area contributed by atoms with Gasteiger partial charge in [0.2, 0.25) is 0 Å². The fourth-order valence-electron chi connectivity index (χ4n) is 19.7. The molecule has 0 radical (unpaired) electrons. The Bertz CT molecular complexity index is 6660. The summed E-state index contributed by atoms with van der Waals surface area (Å²) in [6, 6.07) is 70.2. The standard InChI is InChI=1S/C47H45N5O6.C45H39BrN4O6.C18H16N2O3/c1-50(2)24-29-13-30(27-57-44-20-40-38(18-42(44)55-3)46(53)51-25-34-11-7-5-9-32(34)16-36(51)22-48-40)15-31(14-29)28-58-45-21-41-39(19-43(45)56-4)47(54)52-26-35-12-8-6-10-33(35)17-37(52)23-49-41;1-53-40-16-36-38(47-21-34-14-30-7-3-5-9-32(30)23-49(34)44(36)51)18-42(40)55-25-28-11-27(20-46)12-29(13-28)26-56-43-19-39-37(17-41(43)54-2)45(52)50-24-33-10-6-4-8-31(33)15-35(50)22-48-39;1-23-17-7-14-15(8-16(17)21)19-9-13-6-11-4-2-3-5-12(11)10-20(13)18(14)22/h5-15,18-23,36-37H,16-17,24-28H2,1-4H3;3-13,16-19,21-22,34-35H,14-15,20,23-26H2,1-2H3;2-5,7-9,13,21H,6,10H2,1H3/t36-,37-;34-,35-;13-/m000/s1. The molecule has 137 heavy (non-hydrogen) atoms. The average molecular weight is 1900 g/mol. The van der Waals surface area contributed by atoms with Gasteiger partial charge in [0.05, 0.1) is 122 Å². The molecule has 26 nitrogen and oxygen atoms in total. The minimum absolute atomic E-state index is 0.0145. The maximum atomic E-state index is 13.9. The van der Waals surface area contributed by atoms with Crippen molar-refractivity contribution in [1.29, 1.82) is 0 Å². The van der Waals surface area contributed by atoms with Crippen LogP contribution in [0, 0.1) is 0 Å². The zero-order chi connectivity index (χ0) is 94.2. The maximum Gasteiger partial charge on any atom is 0.257 e. The van der Waals surface area contributed by atoms with Crippen LogP contribution in [0.5, 0.6) is 57.5 Å². The van der Waals surface area contributed by atoms with Crippen molar-refractivity contribution >= 4 is 105 Å². The number of aromatic hydroxyl groups is 1. The molecule has 0 fully saturated rings. The summed E-state index contributed by atoms with van der Waals surface area (Å²) >= 11 is 3.62. The van der Waals surface area contributed by atoms with Crippen LogP contribution < -0.4 is 42.6 Å². The van der Waals surface area contributed by atoms with Crippen LogP contribution in [0.3, 0.4) is 0 Å². The smallest absolute Gasteiger partial charge is 0.257 e. The van der Waals surface area contributed by atoms with Crippen LogP contribution in [-0.4, -0.2) is 175 Å². The number of halogens is 1. The van der Waals surface area contributed by atoms with E-state index in [1.165, 1.54) is 46.6 Å². The molecule has 10 heterocycles. The van der Waals surface area contributed by atoms with Gasteiger partial charge >= 0.3 is 0 Å². The predicted octanol–water partition coefficient (Wildman–Crippen LogP) is 18.5. The van der Waals surface area contributed by atoms with Crippen molar-refractivity contribution in [2.75, 3.05) is 49.6 Å². The lowest BCUT2D eigenvalue weighted by molar-refractivity contribution is 0.0696. The van der Waals surface area contributed by atoms with Crippen LogP contribution in [0.1, 0.15) is 141 Å². The zero-order valence-electron chi connectivity index (χ0n) is 76.8. The Morgan fingerprint density at radius 2 is 0.511 bits per heavy atom. The van der Waals surface area contributed by atoms with E-state index in [0.717, 1.165) is 87.7 Å². The van der Waals surface area contributed by atoms with E-state index in [9.17, 15) is 29.1 Å². The number of phenols is 1. The third-order valence-corrected chi connectivity index (χ3v) is 27.4. The third kappa shape index (κ3) is 18.3. The third-order valence-electron chi connectivity index (χ3n) is 26.7. The summed E-state index contributed by atoms with van der Waals surface area (Å²) in [7, 11) is 11.8.